The Morgan fingerprint density at radius 3 is 2.35 bits per heavy atom. The number of hydrogen-bond acceptors (Lipinski definition) is 7. The van der Waals surface area contributed by atoms with Crippen molar-refractivity contribution in [3.63, 3.8) is 0 Å². The third-order valence-corrected chi connectivity index (χ3v) is 6.81. The molecule has 0 bridgehead atoms. The molecule has 0 fully saturated rings. The number of hydrogen-bond donors (Lipinski definition) is 3. The summed E-state index contributed by atoms with van der Waals surface area (Å²) in [6.07, 6.45) is 0. The van der Waals surface area contributed by atoms with Gasteiger partial charge in [0.15, 0.2) is 5.16 Å². The van der Waals surface area contributed by atoms with Gasteiger partial charge in [0.25, 0.3) is 0 Å². The van der Waals surface area contributed by atoms with Crippen molar-refractivity contribution >= 4 is 50.1 Å². The van der Waals surface area contributed by atoms with Crippen LogP contribution in [0.4, 0.5) is 11.5 Å². The van der Waals surface area contributed by atoms with Crippen LogP contribution in [-0.2, 0) is 14.8 Å². The maximum atomic E-state index is 12.5. The molecule has 1 atom stereocenters. The Morgan fingerprint density at radius 1 is 0.971 bits per heavy atom. The van der Waals surface area contributed by atoms with Crippen LogP contribution in [0.2, 0.25) is 0 Å². The molecule has 1 amide bonds. The molecule has 174 valence electrons. The summed E-state index contributed by atoms with van der Waals surface area (Å²) in [7, 11) is -3.76. The van der Waals surface area contributed by atoms with Gasteiger partial charge in [0.2, 0.25) is 15.9 Å². The van der Waals surface area contributed by atoms with Crippen LogP contribution in [0.15, 0.2) is 88.9 Å². The lowest BCUT2D eigenvalue weighted by molar-refractivity contribution is -0.119. The van der Waals surface area contributed by atoms with Gasteiger partial charge in [-0.3, -0.25) is 4.79 Å². The molecule has 3 aromatic carbocycles. The van der Waals surface area contributed by atoms with Crippen molar-refractivity contribution in [1.29, 1.82) is 0 Å². The van der Waals surface area contributed by atoms with Gasteiger partial charge in [-0.25, -0.2) is 23.5 Å². The summed E-state index contributed by atoms with van der Waals surface area (Å²) in [5, 5.41) is 12.7. The molecule has 34 heavy (non-hydrogen) atoms. The highest BCUT2D eigenvalue weighted by Crippen LogP contribution is 2.27. The highest BCUT2D eigenvalue weighted by molar-refractivity contribution is 7.99. The first-order valence-corrected chi connectivity index (χ1v) is 13.0. The number of sulfonamides is 1. The van der Waals surface area contributed by atoms with Gasteiger partial charge in [0.05, 0.1) is 22.2 Å². The second kappa shape index (κ2) is 10.2. The number of aromatic nitrogens is 2. The zero-order valence-corrected chi connectivity index (χ0v) is 19.9. The number of carbonyl (C=O) groups is 1. The van der Waals surface area contributed by atoms with Crippen LogP contribution in [0.25, 0.3) is 10.9 Å². The first kappa shape index (κ1) is 23.7. The van der Waals surface area contributed by atoms with Gasteiger partial charge in [-0.1, -0.05) is 54.2 Å². The fourth-order valence-corrected chi connectivity index (χ4v) is 4.49. The molecule has 0 aliphatic carbocycles. The fourth-order valence-electron chi connectivity index (χ4n) is 3.32. The molecule has 0 spiro atoms. The molecule has 0 radical (unpaired) electrons. The van der Waals surface area contributed by atoms with E-state index in [1.807, 2.05) is 61.5 Å². The lowest BCUT2D eigenvalue weighted by Gasteiger charge is -2.15. The first-order chi connectivity index (χ1) is 16.3. The standard InChI is InChI=1S/C24H23N5O3S2/c1-16(17-11-13-19(14-12-17)34(25,31)32)26-22(30)15-33-24-28-21-10-6-5-9-20(21)23(29-24)27-18-7-3-2-4-8-18/h2-14,16H,15H2,1H3,(H,26,30)(H2,25,31,32)(H,27,28,29)/t16-/m1/s1. The number of anilines is 2. The van der Waals surface area contributed by atoms with Crippen molar-refractivity contribution in [1.82, 2.24) is 15.3 Å². The minimum Gasteiger partial charge on any atom is -0.349 e. The van der Waals surface area contributed by atoms with Gasteiger partial charge in [-0.05, 0) is 48.9 Å². The smallest absolute Gasteiger partial charge is 0.238 e. The van der Waals surface area contributed by atoms with Crippen LogP contribution in [0.3, 0.4) is 0 Å². The van der Waals surface area contributed by atoms with Crippen molar-refractivity contribution in [3.05, 3.63) is 84.4 Å². The number of fused-ring (bicyclic) bond motifs is 1. The van der Waals surface area contributed by atoms with Gasteiger partial charge < -0.3 is 10.6 Å². The molecule has 4 aromatic rings. The molecule has 0 saturated heterocycles. The molecule has 4 rings (SSSR count). The van der Waals surface area contributed by atoms with E-state index in [0.29, 0.717) is 11.0 Å². The Balaban J connectivity index is 1.44. The summed E-state index contributed by atoms with van der Waals surface area (Å²) in [5.74, 6) is 0.605. The molecular weight excluding hydrogens is 470 g/mol. The Hall–Kier alpha value is -3.47. The number of amides is 1. The number of carbonyl (C=O) groups excluding carboxylic acids is 1. The number of nitrogens with two attached hydrogens (primary N) is 1. The van der Waals surface area contributed by atoms with Crippen molar-refractivity contribution in [2.24, 2.45) is 5.14 Å². The van der Waals surface area contributed by atoms with Gasteiger partial charge in [-0.2, -0.15) is 0 Å². The zero-order chi connectivity index (χ0) is 24.1. The van der Waals surface area contributed by atoms with Crippen LogP contribution in [0.1, 0.15) is 18.5 Å². The molecule has 0 aliphatic heterocycles. The quantitative estimate of drug-likeness (QED) is 0.250. The third kappa shape index (κ3) is 5.90. The van der Waals surface area contributed by atoms with E-state index in [4.69, 9.17) is 5.14 Å². The van der Waals surface area contributed by atoms with Crippen LogP contribution in [-0.4, -0.2) is 30.0 Å². The van der Waals surface area contributed by atoms with Gasteiger partial charge in [0.1, 0.15) is 5.82 Å². The average molecular weight is 494 g/mol. The lowest BCUT2D eigenvalue weighted by Crippen LogP contribution is -2.28. The number of benzene rings is 3. The number of para-hydroxylation sites is 2. The average Bonchev–Trinajstić information content (AvgIpc) is 2.83. The SMILES string of the molecule is C[C@@H](NC(=O)CSc1nc(Nc2ccccc2)c2ccccc2n1)c1ccc(S(N)(=O)=O)cc1. The summed E-state index contributed by atoms with van der Waals surface area (Å²) in [6, 6.07) is 23.2. The van der Waals surface area contributed by atoms with Crippen LogP contribution < -0.4 is 15.8 Å². The molecule has 8 nitrogen and oxygen atoms in total. The molecule has 1 aromatic heterocycles. The summed E-state index contributed by atoms with van der Waals surface area (Å²) >= 11 is 1.24. The van der Waals surface area contributed by atoms with Crippen LogP contribution in [0, 0.1) is 0 Å². The fraction of sp³-hybridized carbons (Fsp3) is 0.125. The topological polar surface area (TPSA) is 127 Å². The second-order valence-corrected chi connectivity index (χ2v) is 10.1. The Kier molecular flexibility index (Phi) is 7.11. The van der Waals surface area contributed by atoms with Crippen LogP contribution >= 0.6 is 11.8 Å². The molecule has 0 saturated carbocycles. The maximum Gasteiger partial charge on any atom is 0.238 e. The minimum absolute atomic E-state index is 0.0266. The Labute approximate surface area is 202 Å². The predicted octanol–water partition coefficient (Wildman–Crippen LogP) is 3.99. The lowest BCUT2D eigenvalue weighted by atomic mass is 10.1. The van der Waals surface area contributed by atoms with E-state index >= 15 is 0 Å². The molecule has 4 N–H and O–H groups in total. The molecule has 1 heterocycles. The zero-order valence-electron chi connectivity index (χ0n) is 18.3. The summed E-state index contributed by atoms with van der Waals surface area (Å²) < 4.78 is 22.8. The molecular formula is C24H23N5O3S2. The van der Waals surface area contributed by atoms with Gasteiger partial charge in [-0.15, -0.1) is 0 Å². The second-order valence-electron chi connectivity index (χ2n) is 7.55. The van der Waals surface area contributed by atoms with E-state index in [9.17, 15) is 13.2 Å². The Bertz CT molecular complexity index is 1410. The van der Waals surface area contributed by atoms with Gasteiger partial charge >= 0.3 is 0 Å². The van der Waals surface area contributed by atoms with E-state index in [1.54, 1.807) is 12.1 Å². The maximum absolute atomic E-state index is 12.5. The first-order valence-electron chi connectivity index (χ1n) is 10.4. The highest BCUT2D eigenvalue weighted by atomic mass is 32.2. The van der Waals surface area contributed by atoms with E-state index in [1.165, 1.54) is 23.9 Å². The molecule has 10 heteroatoms. The number of primary sulfonamides is 1. The Morgan fingerprint density at radius 2 is 1.65 bits per heavy atom. The van der Waals surface area contributed by atoms with E-state index in [-0.39, 0.29) is 22.6 Å². The number of thioether (sulfide) groups is 1. The summed E-state index contributed by atoms with van der Waals surface area (Å²) in [4.78, 5) is 21.8. The van der Waals surface area contributed by atoms with Crippen LogP contribution in [0.5, 0.6) is 0 Å². The summed E-state index contributed by atoms with van der Waals surface area (Å²) in [6.45, 7) is 1.82. The summed E-state index contributed by atoms with van der Waals surface area (Å²) in [5.41, 5.74) is 2.45. The largest absolute Gasteiger partial charge is 0.349 e. The van der Waals surface area contributed by atoms with Crippen molar-refractivity contribution < 1.29 is 13.2 Å². The molecule has 0 aliphatic rings. The molecule has 0 unspecified atom stereocenters. The van der Waals surface area contributed by atoms with Crippen molar-refractivity contribution in [2.45, 2.75) is 23.0 Å². The monoisotopic (exact) mass is 493 g/mol. The number of rotatable bonds is 8. The van der Waals surface area contributed by atoms with Crippen molar-refractivity contribution in [2.75, 3.05) is 11.1 Å². The number of nitrogens with zero attached hydrogens (tertiary/aromatic N) is 2. The van der Waals surface area contributed by atoms with E-state index < -0.39 is 10.0 Å². The van der Waals surface area contributed by atoms with E-state index in [2.05, 4.69) is 20.6 Å². The third-order valence-electron chi connectivity index (χ3n) is 5.04. The highest BCUT2D eigenvalue weighted by Gasteiger charge is 2.14. The normalized spacial score (nSPS) is 12.3. The predicted molar refractivity (Wildman–Crippen MR) is 134 cm³/mol. The minimum atomic E-state index is -3.76. The van der Waals surface area contributed by atoms with E-state index in [0.717, 1.165) is 22.2 Å². The van der Waals surface area contributed by atoms with Crippen molar-refractivity contribution in [3.8, 4) is 0 Å². The number of nitrogens with one attached hydrogen (secondary N) is 2. The van der Waals surface area contributed by atoms with Gasteiger partial charge in [0, 0.05) is 11.1 Å².